The van der Waals surface area contributed by atoms with Crippen molar-refractivity contribution in [3.8, 4) is 11.3 Å². The molecule has 0 bridgehead atoms. The zero-order chi connectivity index (χ0) is 27.0. The molecular weight excluding hydrogens is 464 g/mol. The van der Waals surface area contributed by atoms with Gasteiger partial charge in [-0.05, 0) is 24.5 Å². The van der Waals surface area contributed by atoms with Crippen LogP contribution in [0, 0.1) is 5.92 Å². The minimum Gasteiger partial charge on any atom is -0.464 e. The Hall–Kier alpha value is -2.70. The van der Waals surface area contributed by atoms with Crippen molar-refractivity contribution >= 4 is 12.4 Å². The van der Waals surface area contributed by atoms with Gasteiger partial charge in [0, 0.05) is 48.0 Å². The first kappa shape index (κ1) is 27.3. The molecule has 2 fully saturated rings. The molecule has 0 aromatic carbocycles. The molecule has 7 heteroatoms. The van der Waals surface area contributed by atoms with Crippen LogP contribution >= 0.6 is 0 Å². The molecule has 0 saturated heterocycles. The molecule has 1 amide bonds. The van der Waals surface area contributed by atoms with Gasteiger partial charge in [0.05, 0.1) is 11.4 Å². The third-order valence-corrected chi connectivity index (χ3v) is 7.92. The Morgan fingerprint density at radius 3 is 2.32 bits per heavy atom. The van der Waals surface area contributed by atoms with Crippen molar-refractivity contribution in [1.29, 1.82) is 0 Å². The van der Waals surface area contributed by atoms with Crippen molar-refractivity contribution in [1.82, 2.24) is 19.9 Å². The van der Waals surface area contributed by atoms with E-state index in [4.69, 9.17) is 14.7 Å². The van der Waals surface area contributed by atoms with E-state index in [-0.39, 0.29) is 28.9 Å². The third kappa shape index (κ3) is 6.24. The summed E-state index contributed by atoms with van der Waals surface area (Å²) in [5.41, 5.74) is 4.44. The quantitative estimate of drug-likeness (QED) is 0.490. The number of carbonyl (C=O) groups is 2. The Balaban J connectivity index is 1.74. The summed E-state index contributed by atoms with van der Waals surface area (Å²) in [4.78, 5) is 34.0. The largest absolute Gasteiger partial charge is 0.464 e. The van der Waals surface area contributed by atoms with Gasteiger partial charge in [0.25, 0.3) is 12.4 Å². The summed E-state index contributed by atoms with van der Waals surface area (Å²) < 4.78 is 7.09. The average Bonchev–Trinajstić information content (AvgIpc) is 3.13. The topological polar surface area (TPSA) is 86.1 Å². The van der Waals surface area contributed by atoms with E-state index in [9.17, 15) is 9.59 Å². The zero-order valence-electron chi connectivity index (χ0n) is 23.7. The maximum Gasteiger partial charge on any atom is 0.293 e. The van der Waals surface area contributed by atoms with Gasteiger partial charge in [-0.3, -0.25) is 9.59 Å². The van der Waals surface area contributed by atoms with Gasteiger partial charge < -0.3 is 14.6 Å². The van der Waals surface area contributed by atoms with E-state index in [0.29, 0.717) is 30.9 Å². The van der Waals surface area contributed by atoms with Gasteiger partial charge in [-0.1, -0.05) is 73.6 Å². The van der Waals surface area contributed by atoms with Crippen LogP contribution in [0.4, 0.5) is 0 Å². The van der Waals surface area contributed by atoms with Crippen LogP contribution in [-0.2, 0) is 33.8 Å². The van der Waals surface area contributed by atoms with E-state index in [1.807, 2.05) is 13.1 Å². The highest BCUT2D eigenvalue weighted by Gasteiger charge is 2.33. The van der Waals surface area contributed by atoms with E-state index in [0.717, 1.165) is 29.2 Å². The summed E-state index contributed by atoms with van der Waals surface area (Å²) in [6, 6.07) is 4.16. The number of ether oxygens (including phenoxy) is 1. The highest BCUT2D eigenvalue weighted by molar-refractivity contribution is 5.95. The van der Waals surface area contributed by atoms with Crippen LogP contribution in [0.1, 0.15) is 114 Å². The van der Waals surface area contributed by atoms with Crippen LogP contribution in [0.25, 0.3) is 11.3 Å². The Morgan fingerprint density at radius 2 is 1.73 bits per heavy atom. The molecular formula is C30H44N4O3. The summed E-state index contributed by atoms with van der Waals surface area (Å²) in [5.74, 6) is 1.36. The first-order chi connectivity index (χ1) is 17.4. The number of nitrogens with zero attached hydrogens (tertiary/aromatic N) is 3. The SMILES string of the molecule is Cn1c(C(=O)NC2CC(OC=O)C2)cc(-c2cc(C(C)(C)C)nc(C(C)(C)C)n2)c1CC1CCCCC1. The van der Waals surface area contributed by atoms with Crippen molar-refractivity contribution in [3.63, 3.8) is 0 Å². The number of nitrogens with one attached hydrogen (secondary N) is 1. The lowest BCUT2D eigenvalue weighted by Crippen LogP contribution is -2.48. The van der Waals surface area contributed by atoms with Crippen LogP contribution in [0.3, 0.4) is 0 Å². The predicted octanol–water partition coefficient (Wildman–Crippen LogP) is 5.63. The van der Waals surface area contributed by atoms with Crippen molar-refractivity contribution in [2.45, 2.75) is 116 Å². The predicted molar refractivity (Wildman–Crippen MR) is 146 cm³/mol. The summed E-state index contributed by atoms with van der Waals surface area (Å²) in [6.07, 6.45) is 8.50. The van der Waals surface area contributed by atoms with Crippen LogP contribution in [0.5, 0.6) is 0 Å². The molecule has 202 valence electrons. The van der Waals surface area contributed by atoms with Crippen molar-refractivity contribution in [2.24, 2.45) is 13.0 Å². The fourth-order valence-electron chi connectivity index (χ4n) is 5.43. The van der Waals surface area contributed by atoms with Crippen LogP contribution < -0.4 is 5.32 Å². The van der Waals surface area contributed by atoms with Gasteiger partial charge in [0.2, 0.25) is 0 Å². The Labute approximate surface area is 221 Å². The molecule has 2 aliphatic rings. The van der Waals surface area contributed by atoms with Crippen LogP contribution in [0.2, 0.25) is 0 Å². The van der Waals surface area contributed by atoms with E-state index in [1.165, 1.54) is 37.8 Å². The second kappa shape index (κ2) is 10.6. The molecule has 0 unspecified atom stereocenters. The summed E-state index contributed by atoms with van der Waals surface area (Å²) in [6.45, 7) is 13.5. The first-order valence-electron chi connectivity index (χ1n) is 13.9. The van der Waals surface area contributed by atoms with E-state index >= 15 is 0 Å². The number of hydrogen-bond acceptors (Lipinski definition) is 5. The van der Waals surface area contributed by atoms with Crippen molar-refractivity contribution < 1.29 is 14.3 Å². The molecule has 37 heavy (non-hydrogen) atoms. The van der Waals surface area contributed by atoms with Gasteiger partial charge >= 0.3 is 0 Å². The second-order valence-electron chi connectivity index (χ2n) is 13.1. The molecule has 2 aliphatic carbocycles. The molecule has 0 spiro atoms. The van der Waals surface area contributed by atoms with Gasteiger partial charge in [0.15, 0.2) is 0 Å². The molecule has 7 nitrogen and oxygen atoms in total. The minimum absolute atomic E-state index is 0.0247. The maximum atomic E-state index is 13.4. The Bertz CT molecular complexity index is 1090. The Kier molecular flexibility index (Phi) is 7.82. The number of rotatable bonds is 7. The lowest BCUT2D eigenvalue weighted by atomic mass is 9.85. The number of aromatic nitrogens is 3. The minimum atomic E-state index is -0.196. The van der Waals surface area contributed by atoms with Crippen LogP contribution in [-0.4, -0.2) is 39.1 Å². The number of carbonyl (C=O) groups excluding carboxylic acids is 2. The highest BCUT2D eigenvalue weighted by atomic mass is 16.5. The monoisotopic (exact) mass is 508 g/mol. The van der Waals surface area contributed by atoms with Gasteiger partial charge in [-0.25, -0.2) is 9.97 Å². The standard InChI is InChI=1S/C30H44N4O3/c1-29(2,3)26-17-23(32-28(33-26)30(4,5)6)22-16-25(27(36)31-20-14-21(15-20)37-18-35)34(7)24(22)13-19-11-9-8-10-12-19/h16-21H,8-15H2,1-7H3,(H,31,36). The summed E-state index contributed by atoms with van der Waals surface area (Å²) >= 11 is 0. The molecule has 0 aliphatic heterocycles. The summed E-state index contributed by atoms with van der Waals surface area (Å²) in [7, 11) is 2.01. The normalized spacial score (nSPS) is 20.8. The molecule has 2 saturated carbocycles. The van der Waals surface area contributed by atoms with Gasteiger partial charge in [0.1, 0.15) is 17.6 Å². The van der Waals surface area contributed by atoms with E-state index in [1.54, 1.807) is 0 Å². The molecule has 2 heterocycles. The second-order valence-corrected chi connectivity index (χ2v) is 13.1. The molecule has 0 atom stereocenters. The number of hydrogen-bond donors (Lipinski definition) is 1. The van der Waals surface area contributed by atoms with Gasteiger partial charge in [-0.15, -0.1) is 0 Å². The van der Waals surface area contributed by atoms with Crippen LogP contribution in [0.15, 0.2) is 12.1 Å². The third-order valence-electron chi connectivity index (χ3n) is 7.92. The molecule has 0 radical (unpaired) electrons. The fourth-order valence-corrected chi connectivity index (χ4v) is 5.43. The van der Waals surface area contributed by atoms with Crippen molar-refractivity contribution in [2.75, 3.05) is 0 Å². The lowest BCUT2D eigenvalue weighted by molar-refractivity contribution is -0.138. The fraction of sp³-hybridized carbons (Fsp3) is 0.667. The van der Waals surface area contributed by atoms with E-state index in [2.05, 4.69) is 57.5 Å². The van der Waals surface area contributed by atoms with Gasteiger partial charge in [-0.2, -0.15) is 0 Å². The van der Waals surface area contributed by atoms with E-state index < -0.39 is 0 Å². The molecule has 2 aromatic heterocycles. The lowest BCUT2D eigenvalue weighted by Gasteiger charge is -2.34. The van der Waals surface area contributed by atoms with Crippen molar-refractivity contribution in [3.05, 3.63) is 35.0 Å². The Morgan fingerprint density at radius 1 is 1.05 bits per heavy atom. The first-order valence-corrected chi connectivity index (χ1v) is 13.9. The molecule has 1 N–H and O–H groups in total. The zero-order valence-corrected chi connectivity index (χ0v) is 23.7. The number of amides is 1. The maximum absolute atomic E-state index is 13.4. The molecule has 2 aromatic rings. The molecule has 4 rings (SSSR count). The smallest absolute Gasteiger partial charge is 0.293 e. The summed E-state index contributed by atoms with van der Waals surface area (Å²) in [5, 5.41) is 3.14. The average molecular weight is 509 g/mol. The highest BCUT2D eigenvalue weighted by Crippen LogP contribution is 2.35.